The Labute approximate surface area is 163 Å². The highest BCUT2D eigenvalue weighted by atomic mass is 16.5. The Hall–Kier alpha value is -2.78. The summed E-state index contributed by atoms with van der Waals surface area (Å²) in [5.41, 5.74) is 0.665. The molecule has 0 radical (unpaired) electrons. The highest BCUT2D eigenvalue weighted by Crippen LogP contribution is 2.18. The summed E-state index contributed by atoms with van der Waals surface area (Å²) < 4.78 is 10.9. The van der Waals surface area contributed by atoms with E-state index in [0.29, 0.717) is 56.3 Å². The average molecular weight is 384 g/mol. The highest BCUT2D eigenvalue weighted by Gasteiger charge is 2.20. The van der Waals surface area contributed by atoms with Gasteiger partial charge in [0.25, 0.3) is 0 Å². The van der Waals surface area contributed by atoms with Crippen LogP contribution in [-0.2, 0) is 16.0 Å². The second-order valence-electron chi connectivity index (χ2n) is 6.58. The smallest absolute Gasteiger partial charge is 0.230 e. The van der Waals surface area contributed by atoms with Gasteiger partial charge in [0.15, 0.2) is 5.82 Å². The molecule has 9 nitrogen and oxygen atoms in total. The summed E-state index contributed by atoms with van der Waals surface area (Å²) in [4.78, 5) is 22.6. The predicted molar refractivity (Wildman–Crippen MR) is 105 cm³/mol. The van der Waals surface area contributed by atoms with Gasteiger partial charge in [0.2, 0.25) is 11.9 Å². The van der Waals surface area contributed by atoms with Crippen molar-refractivity contribution in [1.29, 1.82) is 0 Å². The summed E-state index contributed by atoms with van der Waals surface area (Å²) in [7, 11) is 0. The van der Waals surface area contributed by atoms with Crippen LogP contribution in [0.4, 0.5) is 11.9 Å². The maximum Gasteiger partial charge on any atom is 0.230 e. The Morgan fingerprint density at radius 2 is 1.46 bits per heavy atom. The molecule has 0 unspecified atom stereocenters. The fourth-order valence-electron chi connectivity index (χ4n) is 3.10. The Morgan fingerprint density at radius 3 is 2.04 bits per heavy atom. The van der Waals surface area contributed by atoms with Crippen molar-refractivity contribution in [1.82, 2.24) is 15.0 Å². The third-order valence-electron chi connectivity index (χ3n) is 4.65. The van der Waals surface area contributed by atoms with Crippen LogP contribution in [0.2, 0.25) is 0 Å². The van der Waals surface area contributed by atoms with Crippen molar-refractivity contribution in [3.8, 4) is 5.75 Å². The number of phenolic OH excluding ortho intramolecular Hbond substituents is 1. The molecule has 0 atom stereocenters. The molecule has 2 aliphatic heterocycles. The molecule has 2 aliphatic rings. The van der Waals surface area contributed by atoms with Crippen molar-refractivity contribution in [3.05, 3.63) is 35.7 Å². The summed E-state index contributed by atoms with van der Waals surface area (Å²) >= 11 is 0. The quantitative estimate of drug-likeness (QED) is 0.759. The summed E-state index contributed by atoms with van der Waals surface area (Å²) in [6.07, 6.45) is 1.64. The molecule has 0 saturated carbocycles. The summed E-state index contributed by atoms with van der Waals surface area (Å²) in [5.74, 6) is 2.12. The van der Waals surface area contributed by atoms with Crippen molar-refractivity contribution < 1.29 is 14.6 Å². The van der Waals surface area contributed by atoms with Crippen LogP contribution in [0, 0.1) is 0 Å². The number of hydrogen-bond donors (Lipinski definition) is 1. The standard InChI is InChI=1S/C19H24N6O3/c26-16-4-2-1-3-15(16)13-20-14-17-21-18(24-5-9-27-10-6-24)23-19(22-17)25-7-11-28-12-8-25/h1-4,13,26H,5-12,14H2. The van der Waals surface area contributed by atoms with Gasteiger partial charge in [-0.2, -0.15) is 15.0 Å². The largest absolute Gasteiger partial charge is 0.507 e. The van der Waals surface area contributed by atoms with Crippen LogP contribution in [0.1, 0.15) is 11.4 Å². The SMILES string of the molecule is Oc1ccccc1C=NCc1nc(N2CCOCC2)nc(N2CCOCC2)n1. The lowest BCUT2D eigenvalue weighted by Crippen LogP contribution is -2.40. The summed E-state index contributed by atoms with van der Waals surface area (Å²) in [6, 6.07) is 7.08. The molecule has 2 fully saturated rings. The molecule has 1 aromatic heterocycles. The van der Waals surface area contributed by atoms with Crippen LogP contribution < -0.4 is 9.80 Å². The molecule has 0 aliphatic carbocycles. The fraction of sp³-hybridized carbons (Fsp3) is 0.474. The number of benzene rings is 1. The van der Waals surface area contributed by atoms with Gasteiger partial charge in [-0.05, 0) is 12.1 Å². The number of para-hydroxylation sites is 1. The minimum absolute atomic E-state index is 0.199. The number of phenols is 1. The van der Waals surface area contributed by atoms with E-state index >= 15 is 0 Å². The number of morpholine rings is 2. The highest BCUT2D eigenvalue weighted by molar-refractivity contribution is 5.83. The Morgan fingerprint density at radius 1 is 0.893 bits per heavy atom. The third-order valence-corrected chi connectivity index (χ3v) is 4.65. The zero-order chi connectivity index (χ0) is 19.2. The van der Waals surface area contributed by atoms with Gasteiger partial charge in [-0.25, -0.2) is 0 Å². The van der Waals surface area contributed by atoms with Gasteiger partial charge in [0.1, 0.15) is 5.75 Å². The third kappa shape index (κ3) is 4.55. The van der Waals surface area contributed by atoms with Crippen molar-refractivity contribution in [2.24, 2.45) is 4.99 Å². The molecule has 2 saturated heterocycles. The van der Waals surface area contributed by atoms with Gasteiger partial charge in [0.05, 0.1) is 33.0 Å². The van der Waals surface area contributed by atoms with Crippen molar-refractivity contribution >= 4 is 18.1 Å². The van der Waals surface area contributed by atoms with Gasteiger partial charge in [-0.3, -0.25) is 4.99 Å². The van der Waals surface area contributed by atoms with Gasteiger partial charge in [0, 0.05) is 38.0 Å². The van der Waals surface area contributed by atoms with Crippen molar-refractivity contribution in [3.63, 3.8) is 0 Å². The van der Waals surface area contributed by atoms with E-state index in [4.69, 9.17) is 9.47 Å². The lowest BCUT2D eigenvalue weighted by Gasteiger charge is -2.30. The number of rotatable bonds is 5. The predicted octanol–water partition coefficient (Wildman–Crippen LogP) is 0.869. The molecule has 0 spiro atoms. The van der Waals surface area contributed by atoms with E-state index in [0.717, 1.165) is 26.2 Å². The Kier molecular flexibility index (Phi) is 5.93. The van der Waals surface area contributed by atoms with Crippen molar-refractivity contribution in [2.45, 2.75) is 6.54 Å². The first-order chi connectivity index (χ1) is 13.8. The maximum atomic E-state index is 9.87. The number of hydrogen-bond acceptors (Lipinski definition) is 9. The fourth-order valence-corrected chi connectivity index (χ4v) is 3.10. The number of nitrogens with zero attached hydrogens (tertiary/aromatic N) is 6. The lowest BCUT2D eigenvalue weighted by molar-refractivity contribution is 0.121. The van der Waals surface area contributed by atoms with E-state index in [1.165, 1.54) is 0 Å². The minimum atomic E-state index is 0.199. The zero-order valence-electron chi connectivity index (χ0n) is 15.7. The molecule has 4 rings (SSSR count). The monoisotopic (exact) mass is 384 g/mol. The molecule has 0 bridgehead atoms. The normalized spacial score (nSPS) is 18.0. The van der Waals surface area contributed by atoms with Crippen LogP contribution in [0.25, 0.3) is 0 Å². The lowest BCUT2D eigenvalue weighted by atomic mass is 10.2. The Bertz CT molecular complexity index is 783. The van der Waals surface area contributed by atoms with Crippen LogP contribution in [-0.4, -0.2) is 78.9 Å². The first-order valence-electron chi connectivity index (χ1n) is 9.48. The van der Waals surface area contributed by atoms with Gasteiger partial charge in [-0.15, -0.1) is 0 Å². The molecule has 1 N–H and O–H groups in total. The van der Waals surface area contributed by atoms with Crippen LogP contribution >= 0.6 is 0 Å². The number of anilines is 2. The second kappa shape index (κ2) is 8.94. The molecule has 28 heavy (non-hydrogen) atoms. The number of aromatic nitrogens is 3. The number of ether oxygens (including phenoxy) is 2. The van der Waals surface area contributed by atoms with Crippen LogP contribution in [0.3, 0.4) is 0 Å². The van der Waals surface area contributed by atoms with Crippen molar-refractivity contribution in [2.75, 3.05) is 62.4 Å². The summed E-state index contributed by atoms with van der Waals surface area (Å²) in [5, 5.41) is 9.87. The average Bonchev–Trinajstić information content (AvgIpc) is 2.76. The first-order valence-corrected chi connectivity index (χ1v) is 9.48. The van der Waals surface area contributed by atoms with E-state index in [1.54, 1.807) is 18.3 Å². The van der Waals surface area contributed by atoms with Gasteiger partial charge >= 0.3 is 0 Å². The molecular weight excluding hydrogens is 360 g/mol. The molecule has 0 amide bonds. The van der Waals surface area contributed by atoms with E-state index in [2.05, 4.69) is 29.7 Å². The van der Waals surface area contributed by atoms with Gasteiger partial charge < -0.3 is 24.4 Å². The van der Waals surface area contributed by atoms with Crippen LogP contribution in [0.5, 0.6) is 5.75 Å². The zero-order valence-corrected chi connectivity index (χ0v) is 15.7. The number of aliphatic imine (C=N–C) groups is 1. The first kappa shape index (κ1) is 18.6. The van der Waals surface area contributed by atoms with E-state index in [9.17, 15) is 5.11 Å². The number of aromatic hydroxyl groups is 1. The molecule has 9 heteroatoms. The van der Waals surface area contributed by atoms with E-state index in [1.807, 2.05) is 12.1 Å². The minimum Gasteiger partial charge on any atom is -0.507 e. The van der Waals surface area contributed by atoms with Gasteiger partial charge in [-0.1, -0.05) is 12.1 Å². The maximum absolute atomic E-state index is 9.87. The molecule has 148 valence electrons. The molecular formula is C19H24N6O3. The second-order valence-corrected chi connectivity index (χ2v) is 6.58. The Balaban J connectivity index is 1.56. The molecule has 1 aromatic carbocycles. The van der Waals surface area contributed by atoms with E-state index < -0.39 is 0 Å². The molecule has 2 aromatic rings. The topological polar surface area (TPSA) is 96.2 Å². The molecule has 3 heterocycles. The summed E-state index contributed by atoms with van der Waals surface area (Å²) in [6.45, 7) is 6.00. The van der Waals surface area contributed by atoms with E-state index in [-0.39, 0.29) is 5.75 Å². The van der Waals surface area contributed by atoms with Crippen LogP contribution in [0.15, 0.2) is 29.3 Å².